The van der Waals surface area contributed by atoms with Gasteiger partial charge in [-0.05, 0) is 37.1 Å². The summed E-state index contributed by atoms with van der Waals surface area (Å²) in [6, 6.07) is 16.0. The van der Waals surface area contributed by atoms with Gasteiger partial charge in [0.1, 0.15) is 0 Å². The zero-order valence-corrected chi connectivity index (χ0v) is 17.3. The molecule has 0 spiro atoms. The highest BCUT2D eigenvalue weighted by atomic mass is 14.9. The van der Waals surface area contributed by atoms with Gasteiger partial charge >= 0.3 is 0 Å². The summed E-state index contributed by atoms with van der Waals surface area (Å²) in [5.41, 5.74) is 15.7. The molecular weight excluding hydrogens is 344 g/mol. The van der Waals surface area contributed by atoms with Crippen LogP contribution in [0.1, 0.15) is 64.2 Å². The maximum atomic E-state index is 5.93. The Kier molecular flexibility index (Phi) is 10.8. The summed E-state index contributed by atoms with van der Waals surface area (Å²) >= 11 is 0. The molecule has 6 N–H and O–H groups in total. The number of para-hydroxylation sites is 4. The molecule has 0 saturated heterocycles. The van der Waals surface area contributed by atoms with Gasteiger partial charge in [-0.25, -0.2) is 0 Å². The van der Waals surface area contributed by atoms with Crippen molar-refractivity contribution in [3.63, 3.8) is 0 Å². The Labute approximate surface area is 171 Å². The van der Waals surface area contributed by atoms with E-state index in [4.69, 9.17) is 11.5 Å². The molecule has 0 saturated carbocycles. The van der Waals surface area contributed by atoms with Crippen LogP contribution in [0, 0.1) is 0 Å². The summed E-state index contributed by atoms with van der Waals surface area (Å²) in [5.74, 6) is 0. The Bertz CT molecular complexity index is 599. The first-order valence-electron chi connectivity index (χ1n) is 10.9. The highest BCUT2D eigenvalue weighted by molar-refractivity contribution is 5.66. The first kappa shape index (κ1) is 21.9. The van der Waals surface area contributed by atoms with Crippen LogP contribution in [0.3, 0.4) is 0 Å². The zero-order chi connectivity index (χ0) is 19.9. The van der Waals surface area contributed by atoms with Crippen molar-refractivity contribution in [2.24, 2.45) is 0 Å². The van der Waals surface area contributed by atoms with Gasteiger partial charge in [0.05, 0.1) is 22.7 Å². The molecule has 0 aromatic heterocycles. The van der Waals surface area contributed by atoms with E-state index >= 15 is 0 Å². The minimum Gasteiger partial charge on any atom is -0.397 e. The lowest BCUT2D eigenvalue weighted by Gasteiger charge is -2.09. The van der Waals surface area contributed by atoms with E-state index in [1.54, 1.807) is 0 Å². The Morgan fingerprint density at radius 3 is 1.14 bits per heavy atom. The summed E-state index contributed by atoms with van der Waals surface area (Å²) in [4.78, 5) is 0. The number of benzene rings is 2. The molecule has 2 aromatic carbocycles. The largest absolute Gasteiger partial charge is 0.397 e. The predicted molar refractivity (Wildman–Crippen MR) is 125 cm³/mol. The molecule has 0 aliphatic carbocycles. The van der Waals surface area contributed by atoms with E-state index in [2.05, 4.69) is 10.6 Å². The molecule has 0 aliphatic rings. The fraction of sp³-hybridized carbons (Fsp3) is 0.500. The van der Waals surface area contributed by atoms with Crippen molar-refractivity contribution in [1.29, 1.82) is 0 Å². The van der Waals surface area contributed by atoms with E-state index in [0.29, 0.717) is 0 Å². The van der Waals surface area contributed by atoms with E-state index in [9.17, 15) is 0 Å². The van der Waals surface area contributed by atoms with Gasteiger partial charge in [0.15, 0.2) is 0 Å². The number of unbranched alkanes of at least 4 members (excludes halogenated alkanes) is 9. The fourth-order valence-electron chi connectivity index (χ4n) is 3.43. The minimum absolute atomic E-state index is 0.836. The number of hydrogen-bond donors (Lipinski definition) is 4. The molecule has 0 atom stereocenters. The smallest absolute Gasteiger partial charge is 0.0573 e. The van der Waals surface area contributed by atoms with Crippen LogP contribution in [0.25, 0.3) is 0 Å². The number of nitrogens with one attached hydrogen (secondary N) is 2. The van der Waals surface area contributed by atoms with Crippen molar-refractivity contribution in [1.82, 2.24) is 0 Å². The zero-order valence-electron chi connectivity index (χ0n) is 17.3. The third kappa shape index (κ3) is 9.03. The predicted octanol–water partition coefficient (Wildman–Crippen LogP) is 6.28. The molecule has 4 heteroatoms. The van der Waals surface area contributed by atoms with Crippen molar-refractivity contribution < 1.29 is 0 Å². The van der Waals surface area contributed by atoms with E-state index in [1.807, 2.05) is 48.5 Å². The van der Waals surface area contributed by atoms with E-state index in [1.165, 1.54) is 64.2 Å². The van der Waals surface area contributed by atoms with Crippen molar-refractivity contribution in [2.75, 3.05) is 35.2 Å². The van der Waals surface area contributed by atoms with Gasteiger partial charge in [-0.2, -0.15) is 0 Å². The number of hydrogen-bond acceptors (Lipinski definition) is 4. The molecule has 0 radical (unpaired) electrons. The second kappa shape index (κ2) is 13.8. The summed E-state index contributed by atoms with van der Waals surface area (Å²) in [6.45, 7) is 2.02. The maximum Gasteiger partial charge on any atom is 0.0573 e. The monoisotopic (exact) mass is 382 g/mol. The van der Waals surface area contributed by atoms with Gasteiger partial charge in [-0.15, -0.1) is 0 Å². The Morgan fingerprint density at radius 1 is 0.464 bits per heavy atom. The van der Waals surface area contributed by atoms with Crippen molar-refractivity contribution in [2.45, 2.75) is 64.2 Å². The topological polar surface area (TPSA) is 76.1 Å². The molecular formula is C24H38N4. The molecule has 2 rings (SSSR count). The van der Waals surface area contributed by atoms with Crippen LogP contribution in [0.4, 0.5) is 22.7 Å². The lowest BCUT2D eigenvalue weighted by atomic mass is 10.1. The molecule has 0 bridgehead atoms. The van der Waals surface area contributed by atoms with Crippen LogP contribution in [-0.2, 0) is 0 Å². The standard InChI is InChI=1S/C24H38N4/c25-21-15-9-11-17-23(21)27-19-13-7-5-3-1-2-4-6-8-14-20-28-24-18-12-10-16-22(24)26/h9-12,15-18,27-28H,1-8,13-14,19-20,25-26H2. The Hall–Kier alpha value is -2.36. The lowest BCUT2D eigenvalue weighted by molar-refractivity contribution is 0.557. The number of rotatable bonds is 15. The highest BCUT2D eigenvalue weighted by Crippen LogP contribution is 2.18. The van der Waals surface area contributed by atoms with Gasteiger partial charge in [0, 0.05) is 13.1 Å². The number of anilines is 4. The normalized spacial score (nSPS) is 10.7. The Morgan fingerprint density at radius 2 is 0.786 bits per heavy atom. The first-order valence-corrected chi connectivity index (χ1v) is 10.9. The third-order valence-corrected chi connectivity index (χ3v) is 5.16. The number of nitrogen functional groups attached to an aromatic ring is 2. The van der Waals surface area contributed by atoms with Crippen LogP contribution >= 0.6 is 0 Å². The minimum atomic E-state index is 0.836. The van der Waals surface area contributed by atoms with Crippen molar-refractivity contribution in [3.8, 4) is 0 Å². The van der Waals surface area contributed by atoms with Gasteiger partial charge < -0.3 is 22.1 Å². The quantitative estimate of drug-likeness (QED) is 0.216. The number of nitrogens with two attached hydrogens (primary N) is 2. The van der Waals surface area contributed by atoms with Crippen LogP contribution < -0.4 is 22.1 Å². The van der Waals surface area contributed by atoms with Gasteiger partial charge in [0.2, 0.25) is 0 Å². The second-order valence-electron chi connectivity index (χ2n) is 7.56. The molecule has 0 unspecified atom stereocenters. The summed E-state index contributed by atoms with van der Waals surface area (Å²) in [6.07, 6.45) is 13.2. The van der Waals surface area contributed by atoms with Crippen LogP contribution in [0.15, 0.2) is 48.5 Å². The van der Waals surface area contributed by atoms with Crippen LogP contribution in [0.5, 0.6) is 0 Å². The summed E-state index contributed by atoms with van der Waals surface area (Å²) in [5, 5.41) is 6.85. The molecule has 0 aliphatic heterocycles. The highest BCUT2D eigenvalue weighted by Gasteiger charge is 1.98. The molecule has 0 heterocycles. The summed E-state index contributed by atoms with van der Waals surface area (Å²) < 4.78 is 0. The van der Waals surface area contributed by atoms with Gasteiger partial charge in [-0.1, -0.05) is 75.6 Å². The Balaban J connectivity index is 1.33. The molecule has 0 amide bonds. The van der Waals surface area contributed by atoms with Crippen LogP contribution in [-0.4, -0.2) is 13.1 Å². The van der Waals surface area contributed by atoms with Gasteiger partial charge in [0.25, 0.3) is 0 Å². The van der Waals surface area contributed by atoms with E-state index in [-0.39, 0.29) is 0 Å². The second-order valence-corrected chi connectivity index (χ2v) is 7.56. The molecule has 4 nitrogen and oxygen atoms in total. The van der Waals surface area contributed by atoms with E-state index < -0.39 is 0 Å². The first-order chi connectivity index (χ1) is 13.8. The van der Waals surface area contributed by atoms with E-state index in [0.717, 1.165) is 35.8 Å². The lowest BCUT2D eigenvalue weighted by Crippen LogP contribution is -2.03. The average molecular weight is 383 g/mol. The maximum absolute atomic E-state index is 5.93. The summed E-state index contributed by atoms with van der Waals surface area (Å²) in [7, 11) is 0. The van der Waals surface area contributed by atoms with Crippen molar-refractivity contribution in [3.05, 3.63) is 48.5 Å². The molecule has 0 fully saturated rings. The van der Waals surface area contributed by atoms with Gasteiger partial charge in [-0.3, -0.25) is 0 Å². The third-order valence-electron chi connectivity index (χ3n) is 5.16. The average Bonchev–Trinajstić information content (AvgIpc) is 2.71. The fourth-order valence-corrected chi connectivity index (χ4v) is 3.43. The van der Waals surface area contributed by atoms with Crippen molar-refractivity contribution >= 4 is 22.7 Å². The molecule has 2 aromatic rings. The molecule has 154 valence electrons. The SMILES string of the molecule is Nc1ccccc1NCCCCCCCCCCCCNc1ccccc1N. The van der Waals surface area contributed by atoms with Crippen LogP contribution in [0.2, 0.25) is 0 Å². The molecule has 28 heavy (non-hydrogen) atoms.